The molecule has 0 fully saturated rings. The maximum absolute atomic E-state index is 12.4. The van der Waals surface area contributed by atoms with E-state index in [0.717, 1.165) is 12.8 Å². The summed E-state index contributed by atoms with van der Waals surface area (Å²) in [7, 11) is 1.47. The van der Waals surface area contributed by atoms with Crippen molar-refractivity contribution >= 4 is 17.8 Å². The molecule has 0 aromatic heterocycles. The van der Waals surface area contributed by atoms with E-state index >= 15 is 0 Å². The third-order valence-electron chi connectivity index (χ3n) is 4.14. The lowest BCUT2D eigenvalue weighted by Crippen LogP contribution is -2.46. The number of unbranched alkanes of at least 4 members (excludes halogenated alkanes) is 1. The molecule has 2 amide bonds. The zero-order valence-corrected chi connectivity index (χ0v) is 17.3. The van der Waals surface area contributed by atoms with Gasteiger partial charge in [-0.2, -0.15) is 0 Å². The topological polar surface area (TPSA) is 103 Å². The maximum Gasteiger partial charge on any atom is 0.339 e. The number of hydrogen-bond acceptors (Lipinski definition) is 6. The van der Waals surface area contributed by atoms with Crippen LogP contribution in [0.15, 0.2) is 48.5 Å². The Kier molecular flexibility index (Phi) is 8.68. The van der Waals surface area contributed by atoms with E-state index in [4.69, 9.17) is 14.2 Å². The summed E-state index contributed by atoms with van der Waals surface area (Å²) < 4.78 is 16.1. The first kappa shape index (κ1) is 22.7. The minimum Gasteiger partial charge on any atom is -0.493 e. The van der Waals surface area contributed by atoms with Crippen LogP contribution in [0.2, 0.25) is 0 Å². The van der Waals surface area contributed by atoms with Crippen molar-refractivity contribution in [3.05, 3.63) is 59.7 Å². The number of nitrogens with one attached hydrogen (secondary N) is 2. The van der Waals surface area contributed by atoms with Crippen molar-refractivity contribution in [1.29, 1.82) is 0 Å². The number of carbonyl (C=O) groups excluding carboxylic acids is 3. The Bertz CT molecular complexity index is 869. The van der Waals surface area contributed by atoms with E-state index in [1.165, 1.54) is 26.2 Å². The van der Waals surface area contributed by atoms with Crippen molar-refractivity contribution in [3.63, 3.8) is 0 Å². The Morgan fingerprint density at radius 2 is 1.70 bits per heavy atom. The van der Waals surface area contributed by atoms with Crippen LogP contribution in [0, 0.1) is 0 Å². The lowest BCUT2D eigenvalue weighted by atomic mass is 10.2. The first-order chi connectivity index (χ1) is 14.5. The van der Waals surface area contributed by atoms with Crippen LogP contribution in [0.3, 0.4) is 0 Å². The molecule has 2 aromatic rings. The fourth-order valence-electron chi connectivity index (χ4n) is 2.40. The van der Waals surface area contributed by atoms with Gasteiger partial charge in [-0.3, -0.25) is 20.4 Å². The zero-order chi connectivity index (χ0) is 21.9. The molecule has 0 aliphatic rings. The Hall–Kier alpha value is -3.55. The molecule has 0 unspecified atom stereocenters. The van der Waals surface area contributed by atoms with Gasteiger partial charge in [-0.15, -0.1) is 0 Å². The van der Waals surface area contributed by atoms with Gasteiger partial charge in [0.2, 0.25) is 0 Å². The summed E-state index contributed by atoms with van der Waals surface area (Å²) in [6, 6.07) is 13.0. The lowest BCUT2D eigenvalue weighted by Gasteiger charge is -2.15. The molecule has 0 aliphatic heterocycles. The second-order valence-electron chi connectivity index (χ2n) is 6.42. The van der Waals surface area contributed by atoms with Crippen molar-refractivity contribution in [2.45, 2.75) is 32.8 Å². The molecule has 160 valence electrons. The van der Waals surface area contributed by atoms with Gasteiger partial charge < -0.3 is 14.2 Å². The van der Waals surface area contributed by atoms with Crippen LogP contribution in [-0.2, 0) is 9.53 Å². The van der Waals surface area contributed by atoms with E-state index in [2.05, 4.69) is 17.8 Å². The van der Waals surface area contributed by atoms with E-state index in [9.17, 15) is 14.4 Å². The highest BCUT2D eigenvalue weighted by molar-refractivity contribution is 5.96. The standard InChI is InChI=1S/C22H26N2O6/c1-4-5-13-29-18-12-11-17(14-19(18)28-3)22(27)30-15(2)20(25)23-24-21(26)16-9-7-6-8-10-16/h6-12,14-15H,4-5,13H2,1-3H3,(H,23,25)(H,24,26)/t15-/m0/s1. The first-order valence-corrected chi connectivity index (χ1v) is 9.63. The smallest absolute Gasteiger partial charge is 0.339 e. The number of rotatable bonds is 9. The zero-order valence-electron chi connectivity index (χ0n) is 17.3. The molecule has 2 rings (SSSR count). The fourth-order valence-corrected chi connectivity index (χ4v) is 2.40. The molecule has 8 heteroatoms. The van der Waals surface area contributed by atoms with Crippen LogP contribution in [0.5, 0.6) is 11.5 Å². The van der Waals surface area contributed by atoms with Crippen LogP contribution in [0.25, 0.3) is 0 Å². The number of ether oxygens (including phenoxy) is 3. The number of benzene rings is 2. The molecule has 0 bridgehead atoms. The van der Waals surface area contributed by atoms with Gasteiger partial charge in [-0.1, -0.05) is 31.5 Å². The van der Waals surface area contributed by atoms with Gasteiger partial charge in [0.25, 0.3) is 11.8 Å². The average Bonchev–Trinajstić information content (AvgIpc) is 2.77. The van der Waals surface area contributed by atoms with Gasteiger partial charge >= 0.3 is 5.97 Å². The minimum atomic E-state index is -1.12. The summed E-state index contributed by atoms with van der Waals surface area (Å²) in [6.07, 6.45) is 0.777. The Morgan fingerprint density at radius 3 is 2.37 bits per heavy atom. The van der Waals surface area contributed by atoms with Crippen LogP contribution in [0.4, 0.5) is 0 Å². The van der Waals surface area contributed by atoms with Gasteiger partial charge in [-0.25, -0.2) is 4.79 Å². The molecule has 0 radical (unpaired) electrons. The normalized spacial score (nSPS) is 11.2. The second kappa shape index (κ2) is 11.5. The number of amides is 2. The highest BCUT2D eigenvalue weighted by Gasteiger charge is 2.21. The largest absolute Gasteiger partial charge is 0.493 e. The quantitative estimate of drug-likeness (QED) is 0.372. The Morgan fingerprint density at radius 1 is 0.967 bits per heavy atom. The van der Waals surface area contributed by atoms with Crippen LogP contribution < -0.4 is 20.3 Å². The maximum atomic E-state index is 12.4. The molecule has 0 heterocycles. The SMILES string of the molecule is CCCCOc1ccc(C(=O)O[C@@H](C)C(=O)NNC(=O)c2ccccc2)cc1OC. The predicted molar refractivity (Wildman–Crippen MR) is 110 cm³/mol. The van der Waals surface area contributed by atoms with Crippen LogP contribution >= 0.6 is 0 Å². The Labute approximate surface area is 175 Å². The summed E-state index contributed by atoms with van der Waals surface area (Å²) in [5, 5.41) is 0. The highest BCUT2D eigenvalue weighted by Crippen LogP contribution is 2.28. The number of hydrogen-bond donors (Lipinski definition) is 2. The van der Waals surface area contributed by atoms with E-state index in [-0.39, 0.29) is 5.56 Å². The Balaban J connectivity index is 1.91. The molecule has 2 N–H and O–H groups in total. The van der Waals surface area contributed by atoms with E-state index < -0.39 is 23.9 Å². The number of carbonyl (C=O) groups is 3. The first-order valence-electron chi connectivity index (χ1n) is 9.63. The van der Waals surface area contributed by atoms with Gasteiger partial charge in [0.05, 0.1) is 19.3 Å². The van der Waals surface area contributed by atoms with Crippen molar-refractivity contribution < 1.29 is 28.6 Å². The molecule has 0 saturated carbocycles. The van der Waals surface area contributed by atoms with Gasteiger partial charge in [0, 0.05) is 5.56 Å². The van der Waals surface area contributed by atoms with Crippen molar-refractivity contribution in [2.75, 3.05) is 13.7 Å². The summed E-state index contributed by atoms with van der Waals surface area (Å²) in [6.45, 7) is 4.01. The van der Waals surface area contributed by atoms with Crippen LogP contribution in [0.1, 0.15) is 47.4 Å². The predicted octanol–water partition coefficient (Wildman–Crippen LogP) is 2.88. The van der Waals surface area contributed by atoms with Crippen molar-refractivity contribution in [1.82, 2.24) is 10.9 Å². The monoisotopic (exact) mass is 414 g/mol. The molecule has 0 spiro atoms. The van der Waals surface area contributed by atoms with Crippen molar-refractivity contribution in [3.8, 4) is 11.5 Å². The molecule has 1 atom stereocenters. The second-order valence-corrected chi connectivity index (χ2v) is 6.42. The van der Waals surface area contributed by atoms with Gasteiger partial charge in [0.15, 0.2) is 17.6 Å². The molecular formula is C22H26N2O6. The fraction of sp³-hybridized carbons (Fsp3) is 0.318. The van der Waals surface area contributed by atoms with Crippen molar-refractivity contribution in [2.24, 2.45) is 0 Å². The molecule has 0 aliphatic carbocycles. The molecule has 2 aromatic carbocycles. The third-order valence-corrected chi connectivity index (χ3v) is 4.14. The van der Waals surface area contributed by atoms with E-state index in [0.29, 0.717) is 23.7 Å². The number of methoxy groups -OCH3 is 1. The van der Waals surface area contributed by atoms with Gasteiger partial charge in [-0.05, 0) is 43.7 Å². The van der Waals surface area contributed by atoms with E-state index in [1.54, 1.807) is 36.4 Å². The molecule has 8 nitrogen and oxygen atoms in total. The number of esters is 1. The van der Waals surface area contributed by atoms with E-state index in [1.807, 2.05) is 0 Å². The van der Waals surface area contributed by atoms with Gasteiger partial charge in [0.1, 0.15) is 0 Å². The highest BCUT2D eigenvalue weighted by atomic mass is 16.5. The number of hydrazine groups is 1. The summed E-state index contributed by atoms with van der Waals surface area (Å²) >= 11 is 0. The summed E-state index contributed by atoms with van der Waals surface area (Å²) in [5.74, 6) is -0.930. The minimum absolute atomic E-state index is 0.211. The third kappa shape index (κ3) is 6.51. The summed E-state index contributed by atoms with van der Waals surface area (Å²) in [4.78, 5) is 36.4. The lowest BCUT2D eigenvalue weighted by molar-refractivity contribution is -0.129. The molecule has 0 saturated heterocycles. The summed E-state index contributed by atoms with van der Waals surface area (Å²) in [5.41, 5.74) is 5.11. The average molecular weight is 414 g/mol. The molecular weight excluding hydrogens is 388 g/mol. The van der Waals surface area contributed by atoms with Crippen LogP contribution in [-0.4, -0.2) is 37.6 Å². The molecule has 30 heavy (non-hydrogen) atoms.